The number of imidazole rings is 1. The van der Waals surface area contributed by atoms with Crippen LogP contribution < -0.4 is 5.73 Å². The van der Waals surface area contributed by atoms with Gasteiger partial charge in [-0.25, -0.2) is 4.98 Å². The monoisotopic (exact) mass is 245 g/mol. The Morgan fingerprint density at radius 1 is 1.33 bits per heavy atom. The number of fused-ring (bicyclic) bond motifs is 1. The molecule has 0 radical (unpaired) electrons. The fourth-order valence-corrected chi connectivity index (χ4v) is 2.45. The molecule has 1 heterocycles. The molecule has 0 spiro atoms. The molecule has 0 saturated carbocycles. The molecule has 0 aliphatic heterocycles. The molecule has 1 unspecified atom stereocenters. The SMILES string of the molecule is CCCn1c(CC(C)CCN)nc2ccccc21. The van der Waals surface area contributed by atoms with Crippen LogP contribution in [-0.4, -0.2) is 16.1 Å². The molecule has 1 aromatic heterocycles. The van der Waals surface area contributed by atoms with E-state index >= 15 is 0 Å². The van der Waals surface area contributed by atoms with Gasteiger partial charge in [-0.3, -0.25) is 0 Å². The molecule has 2 aromatic rings. The lowest BCUT2D eigenvalue weighted by Gasteiger charge is -2.12. The fourth-order valence-electron chi connectivity index (χ4n) is 2.45. The molecule has 98 valence electrons. The summed E-state index contributed by atoms with van der Waals surface area (Å²) in [7, 11) is 0. The fraction of sp³-hybridized carbons (Fsp3) is 0.533. The van der Waals surface area contributed by atoms with Crippen molar-refractivity contribution in [2.45, 2.75) is 39.7 Å². The van der Waals surface area contributed by atoms with Crippen molar-refractivity contribution in [3.05, 3.63) is 30.1 Å². The molecule has 0 aliphatic carbocycles. The summed E-state index contributed by atoms with van der Waals surface area (Å²) in [5.41, 5.74) is 8.00. The number of aryl methyl sites for hydroxylation is 1. The molecule has 2 N–H and O–H groups in total. The van der Waals surface area contributed by atoms with E-state index in [9.17, 15) is 0 Å². The standard InChI is InChI=1S/C15H23N3/c1-3-10-18-14-7-5-4-6-13(14)17-15(18)11-12(2)8-9-16/h4-7,12H,3,8-11,16H2,1-2H3. The normalized spacial score (nSPS) is 13.1. The first-order chi connectivity index (χ1) is 8.76. The highest BCUT2D eigenvalue weighted by Gasteiger charge is 2.12. The number of nitrogens with two attached hydrogens (primary N) is 1. The third kappa shape index (κ3) is 2.72. The van der Waals surface area contributed by atoms with Crippen molar-refractivity contribution < 1.29 is 0 Å². The Morgan fingerprint density at radius 3 is 2.83 bits per heavy atom. The van der Waals surface area contributed by atoms with Crippen molar-refractivity contribution in [2.24, 2.45) is 11.7 Å². The van der Waals surface area contributed by atoms with Crippen LogP contribution in [-0.2, 0) is 13.0 Å². The second-order valence-corrected chi connectivity index (χ2v) is 5.06. The van der Waals surface area contributed by atoms with E-state index in [1.807, 2.05) is 0 Å². The maximum absolute atomic E-state index is 5.63. The van der Waals surface area contributed by atoms with Crippen LogP contribution >= 0.6 is 0 Å². The molecule has 0 bridgehead atoms. The second-order valence-electron chi connectivity index (χ2n) is 5.06. The van der Waals surface area contributed by atoms with Crippen molar-refractivity contribution in [1.29, 1.82) is 0 Å². The second kappa shape index (κ2) is 6.01. The maximum Gasteiger partial charge on any atom is 0.110 e. The molecule has 0 amide bonds. The van der Waals surface area contributed by atoms with Gasteiger partial charge in [-0.15, -0.1) is 0 Å². The van der Waals surface area contributed by atoms with Crippen LogP contribution in [0.15, 0.2) is 24.3 Å². The van der Waals surface area contributed by atoms with Gasteiger partial charge in [0.15, 0.2) is 0 Å². The molecule has 18 heavy (non-hydrogen) atoms. The van der Waals surface area contributed by atoms with E-state index in [0.29, 0.717) is 5.92 Å². The quantitative estimate of drug-likeness (QED) is 0.850. The van der Waals surface area contributed by atoms with Crippen molar-refractivity contribution in [3.8, 4) is 0 Å². The summed E-state index contributed by atoms with van der Waals surface area (Å²) in [6.07, 6.45) is 3.22. The van der Waals surface area contributed by atoms with Crippen molar-refractivity contribution in [2.75, 3.05) is 6.54 Å². The van der Waals surface area contributed by atoms with E-state index in [1.54, 1.807) is 0 Å². The topological polar surface area (TPSA) is 43.8 Å². The Kier molecular flexibility index (Phi) is 4.37. The van der Waals surface area contributed by atoms with E-state index in [4.69, 9.17) is 10.7 Å². The molecule has 1 aromatic carbocycles. The Bertz CT molecular complexity index is 501. The molecule has 0 aliphatic rings. The van der Waals surface area contributed by atoms with Crippen molar-refractivity contribution in [1.82, 2.24) is 9.55 Å². The largest absolute Gasteiger partial charge is 0.330 e. The molecule has 3 heteroatoms. The number of hydrogen-bond donors (Lipinski definition) is 1. The van der Waals surface area contributed by atoms with Crippen LogP contribution in [0, 0.1) is 5.92 Å². The van der Waals surface area contributed by atoms with Crippen molar-refractivity contribution >= 4 is 11.0 Å². The molecule has 0 fully saturated rings. The van der Waals surface area contributed by atoms with Crippen LogP contribution in [0.1, 0.15) is 32.5 Å². The van der Waals surface area contributed by atoms with Gasteiger partial charge >= 0.3 is 0 Å². The maximum atomic E-state index is 5.63. The number of hydrogen-bond acceptors (Lipinski definition) is 2. The molecular formula is C15H23N3. The minimum Gasteiger partial charge on any atom is -0.330 e. The van der Waals surface area contributed by atoms with Gasteiger partial charge < -0.3 is 10.3 Å². The third-order valence-electron chi connectivity index (χ3n) is 3.37. The minimum atomic E-state index is 0.599. The highest BCUT2D eigenvalue weighted by atomic mass is 15.1. The van der Waals surface area contributed by atoms with Gasteiger partial charge in [-0.2, -0.15) is 0 Å². The number of para-hydroxylation sites is 2. The number of benzene rings is 1. The lowest BCUT2D eigenvalue weighted by molar-refractivity contribution is 0.506. The van der Waals surface area contributed by atoms with Gasteiger partial charge in [0.2, 0.25) is 0 Å². The highest BCUT2D eigenvalue weighted by molar-refractivity contribution is 5.75. The highest BCUT2D eigenvalue weighted by Crippen LogP contribution is 2.19. The summed E-state index contributed by atoms with van der Waals surface area (Å²) in [5, 5.41) is 0. The number of nitrogens with zero attached hydrogens (tertiary/aromatic N) is 2. The van der Waals surface area contributed by atoms with Crippen LogP contribution in [0.5, 0.6) is 0 Å². The van der Waals surface area contributed by atoms with E-state index in [-0.39, 0.29) is 0 Å². The van der Waals surface area contributed by atoms with Crippen LogP contribution in [0.4, 0.5) is 0 Å². The van der Waals surface area contributed by atoms with Gasteiger partial charge in [0.25, 0.3) is 0 Å². The molecule has 1 atom stereocenters. The zero-order valence-electron chi connectivity index (χ0n) is 11.4. The lowest BCUT2D eigenvalue weighted by Crippen LogP contribution is -2.12. The van der Waals surface area contributed by atoms with Gasteiger partial charge in [-0.05, 0) is 37.4 Å². The average Bonchev–Trinajstić information content (AvgIpc) is 2.68. The zero-order valence-corrected chi connectivity index (χ0v) is 11.4. The Balaban J connectivity index is 2.33. The number of rotatable bonds is 6. The first-order valence-electron chi connectivity index (χ1n) is 6.90. The van der Waals surface area contributed by atoms with Gasteiger partial charge in [-0.1, -0.05) is 26.0 Å². The average molecular weight is 245 g/mol. The van der Waals surface area contributed by atoms with Crippen LogP contribution in [0.2, 0.25) is 0 Å². The summed E-state index contributed by atoms with van der Waals surface area (Å²) in [5.74, 6) is 1.81. The minimum absolute atomic E-state index is 0.599. The van der Waals surface area contributed by atoms with E-state index in [1.165, 1.54) is 11.3 Å². The molecule has 0 saturated heterocycles. The van der Waals surface area contributed by atoms with Crippen molar-refractivity contribution in [3.63, 3.8) is 0 Å². The lowest BCUT2D eigenvalue weighted by atomic mass is 10.0. The first kappa shape index (κ1) is 13.1. The summed E-state index contributed by atoms with van der Waals surface area (Å²) in [6, 6.07) is 8.40. The third-order valence-corrected chi connectivity index (χ3v) is 3.37. The predicted molar refractivity (Wildman–Crippen MR) is 76.6 cm³/mol. The summed E-state index contributed by atoms with van der Waals surface area (Å²) in [6.45, 7) is 6.27. The van der Waals surface area contributed by atoms with Gasteiger partial charge in [0.1, 0.15) is 5.82 Å². The summed E-state index contributed by atoms with van der Waals surface area (Å²) < 4.78 is 2.36. The zero-order chi connectivity index (χ0) is 13.0. The summed E-state index contributed by atoms with van der Waals surface area (Å²) >= 11 is 0. The van der Waals surface area contributed by atoms with E-state index in [2.05, 4.69) is 42.7 Å². The van der Waals surface area contributed by atoms with Crippen LogP contribution in [0.25, 0.3) is 11.0 Å². The number of aromatic nitrogens is 2. The van der Waals surface area contributed by atoms with E-state index in [0.717, 1.165) is 37.9 Å². The summed E-state index contributed by atoms with van der Waals surface area (Å²) in [4.78, 5) is 4.78. The molecule has 3 nitrogen and oxygen atoms in total. The smallest absolute Gasteiger partial charge is 0.110 e. The van der Waals surface area contributed by atoms with Gasteiger partial charge in [0, 0.05) is 13.0 Å². The Hall–Kier alpha value is -1.35. The first-order valence-corrected chi connectivity index (χ1v) is 6.90. The molecular weight excluding hydrogens is 222 g/mol. The van der Waals surface area contributed by atoms with E-state index < -0.39 is 0 Å². The Morgan fingerprint density at radius 2 is 2.11 bits per heavy atom. The Labute approximate surface area is 109 Å². The molecule has 2 rings (SSSR count). The van der Waals surface area contributed by atoms with Crippen LogP contribution in [0.3, 0.4) is 0 Å². The predicted octanol–water partition coefficient (Wildman–Crippen LogP) is 2.97. The van der Waals surface area contributed by atoms with Gasteiger partial charge in [0.05, 0.1) is 11.0 Å².